The van der Waals surface area contributed by atoms with Crippen molar-refractivity contribution in [2.24, 2.45) is 0 Å². The van der Waals surface area contributed by atoms with Gasteiger partial charge in [-0.2, -0.15) is 0 Å². The minimum atomic E-state index is 0.380. The molecule has 1 N–H and O–H groups in total. The van der Waals surface area contributed by atoms with Crippen LogP contribution in [0.25, 0.3) is 0 Å². The average molecular weight is 348 g/mol. The summed E-state index contributed by atoms with van der Waals surface area (Å²) in [5.41, 5.74) is 2.46. The molecule has 1 atom stereocenters. The minimum absolute atomic E-state index is 0.380. The topological polar surface area (TPSA) is 21.3 Å². The first-order chi connectivity index (χ1) is 10.2. The first-order valence-electron chi connectivity index (χ1n) is 7.39. The summed E-state index contributed by atoms with van der Waals surface area (Å²) in [5, 5.41) is 3.49. The number of benzene rings is 2. The van der Waals surface area contributed by atoms with Crippen molar-refractivity contribution in [1.82, 2.24) is 5.32 Å². The first kappa shape index (κ1) is 16.1. The monoisotopic (exact) mass is 347 g/mol. The molecule has 112 valence electrons. The van der Waals surface area contributed by atoms with E-state index in [0.29, 0.717) is 12.6 Å². The van der Waals surface area contributed by atoms with E-state index < -0.39 is 0 Å². The second kappa shape index (κ2) is 8.20. The zero-order chi connectivity index (χ0) is 15.1. The normalized spacial score (nSPS) is 12.1. The molecule has 0 aliphatic heterocycles. The van der Waals surface area contributed by atoms with Gasteiger partial charge in [0.25, 0.3) is 0 Å². The van der Waals surface area contributed by atoms with E-state index in [4.69, 9.17) is 4.74 Å². The van der Waals surface area contributed by atoms with Crippen molar-refractivity contribution >= 4 is 15.9 Å². The predicted molar refractivity (Wildman–Crippen MR) is 91.6 cm³/mol. The Labute approximate surface area is 135 Å². The molecule has 1 unspecified atom stereocenters. The van der Waals surface area contributed by atoms with E-state index in [1.165, 1.54) is 11.1 Å². The van der Waals surface area contributed by atoms with Crippen LogP contribution in [0.2, 0.25) is 0 Å². The molecule has 0 amide bonds. The third-order valence-corrected chi connectivity index (χ3v) is 3.93. The Bertz CT molecular complexity index is 536. The van der Waals surface area contributed by atoms with Gasteiger partial charge in [0.2, 0.25) is 0 Å². The van der Waals surface area contributed by atoms with Crippen molar-refractivity contribution in [2.45, 2.75) is 32.9 Å². The maximum absolute atomic E-state index is 5.81. The quantitative estimate of drug-likeness (QED) is 0.753. The maximum atomic E-state index is 5.81. The van der Waals surface area contributed by atoms with Gasteiger partial charge in [0, 0.05) is 10.5 Å². The zero-order valence-electron chi connectivity index (χ0n) is 12.6. The molecule has 0 heterocycles. The van der Waals surface area contributed by atoms with Gasteiger partial charge in [-0.25, -0.2) is 0 Å². The van der Waals surface area contributed by atoms with Gasteiger partial charge in [-0.1, -0.05) is 47.1 Å². The molecular formula is C18H22BrNO. The van der Waals surface area contributed by atoms with E-state index in [2.05, 4.69) is 59.4 Å². The zero-order valence-corrected chi connectivity index (χ0v) is 14.2. The van der Waals surface area contributed by atoms with Crippen molar-refractivity contribution in [2.75, 3.05) is 6.54 Å². The van der Waals surface area contributed by atoms with Crippen LogP contribution in [0.3, 0.4) is 0 Å². The van der Waals surface area contributed by atoms with E-state index >= 15 is 0 Å². The summed E-state index contributed by atoms with van der Waals surface area (Å²) < 4.78 is 6.90. The van der Waals surface area contributed by atoms with Gasteiger partial charge in [-0.05, 0) is 55.3 Å². The molecule has 0 radical (unpaired) electrons. The minimum Gasteiger partial charge on any atom is -0.489 e. The summed E-state index contributed by atoms with van der Waals surface area (Å²) in [5.74, 6) is 0.907. The lowest BCUT2D eigenvalue weighted by molar-refractivity contribution is 0.306. The van der Waals surface area contributed by atoms with Crippen LogP contribution in [-0.2, 0) is 6.61 Å². The fourth-order valence-corrected chi connectivity index (χ4v) is 2.34. The van der Waals surface area contributed by atoms with Crippen molar-refractivity contribution in [1.29, 1.82) is 0 Å². The lowest BCUT2D eigenvalue weighted by atomic mass is 10.1. The molecule has 0 aliphatic rings. The van der Waals surface area contributed by atoms with E-state index in [-0.39, 0.29) is 0 Å². The van der Waals surface area contributed by atoms with Gasteiger partial charge in [-0.3, -0.25) is 0 Å². The number of nitrogens with one attached hydrogen (secondary N) is 1. The molecule has 0 bridgehead atoms. The van der Waals surface area contributed by atoms with Crippen molar-refractivity contribution in [3.8, 4) is 5.75 Å². The second-order valence-corrected chi connectivity index (χ2v) is 6.08. The highest BCUT2D eigenvalue weighted by molar-refractivity contribution is 9.10. The lowest BCUT2D eigenvalue weighted by Crippen LogP contribution is -2.19. The largest absolute Gasteiger partial charge is 0.489 e. The SMILES string of the molecule is CCCNC(C)c1ccc(OCc2ccc(Br)cc2)cc1. The van der Waals surface area contributed by atoms with E-state index in [1.807, 2.05) is 24.3 Å². The summed E-state index contributed by atoms with van der Waals surface area (Å²) in [6.45, 7) is 6.01. The Morgan fingerprint density at radius 1 is 1.05 bits per heavy atom. The molecule has 2 rings (SSSR count). The molecule has 3 heteroatoms. The summed E-state index contributed by atoms with van der Waals surface area (Å²) in [6, 6.07) is 16.9. The number of ether oxygens (including phenoxy) is 1. The van der Waals surface area contributed by atoms with Crippen LogP contribution >= 0.6 is 15.9 Å². The third kappa shape index (κ3) is 5.18. The Hall–Kier alpha value is -1.32. The molecule has 0 aliphatic carbocycles. The molecule has 2 nitrogen and oxygen atoms in total. The summed E-state index contributed by atoms with van der Waals surface area (Å²) in [7, 11) is 0. The van der Waals surface area contributed by atoms with Gasteiger partial charge >= 0.3 is 0 Å². The maximum Gasteiger partial charge on any atom is 0.119 e. The standard InChI is InChI=1S/C18H22BrNO/c1-3-12-20-14(2)16-6-10-18(11-7-16)21-13-15-4-8-17(19)9-5-15/h4-11,14,20H,3,12-13H2,1-2H3. The Morgan fingerprint density at radius 2 is 1.71 bits per heavy atom. The van der Waals surface area contributed by atoms with Crippen LogP contribution in [0.15, 0.2) is 53.0 Å². The van der Waals surface area contributed by atoms with Gasteiger partial charge in [0.15, 0.2) is 0 Å². The summed E-state index contributed by atoms with van der Waals surface area (Å²) in [4.78, 5) is 0. The van der Waals surface area contributed by atoms with Crippen LogP contribution in [0, 0.1) is 0 Å². The molecule has 2 aromatic rings. The molecule has 0 fully saturated rings. The fraction of sp³-hybridized carbons (Fsp3) is 0.333. The van der Waals surface area contributed by atoms with Crippen LogP contribution < -0.4 is 10.1 Å². The first-order valence-corrected chi connectivity index (χ1v) is 8.19. The number of hydrogen-bond donors (Lipinski definition) is 1. The molecular weight excluding hydrogens is 326 g/mol. The van der Waals surface area contributed by atoms with Gasteiger partial charge < -0.3 is 10.1 Å². The van der Waals surface area contributed by atoms with Crippen molar-refractivity contribution in [3.05, 3.63) is 64.1 Å². The Morgan fingerprint density at radius 3 is 2.33 bits per heavy atom. The summed E-state index contributed by atoms with van der Waals surface area (Å²) >= 11 is 3.43. The lowest BCUT2D eigenvalue weighted by Gasteiger charge is -2.14. The number of hydrogen-bond acceptors (Lipinski definition) is 2. The van der Waals surface area contributed by atoms with E-state index in [9.17, 15) is 0 Å². The molecule has 0 aromatic heterocycles. The molecule has 21 heavy (non-hydrogen) atoms. The van der Waals surface area contributed by atoms with Crippen molar-refractivity contribution < 1.29 is 4.74 Å². The molecule has 0 saturated heterocycles. The highest BCUT2D eigenvalue weighted by Gasteiger charge is 2.04. The van der Waals surface area contributed by atoms with Gasteiger partial charge in [0.05, 0.1) is 0 Å². The van der Waals surface area contributed by atoms with Crippen LogP contribution in [-0.4, -0.2) is 6.54 Å². The second-order valence-electron chi connectivity index (χ2n) is 5.16. The van der Waals surface area contributed by atoms with Crippen LogP contribution in [0.1, 0.15) is 37.4 Å². The Balaban J connectivity index is 1.88. The predicted octanol–water partition coefficient (Wildman–Crippen LogP) is 5.09. The molecule has 0 spiro atoms. The Kier molecular flexibility index (Phi) is 6.27. The average Bonchev–Trinajstić information content (AvgIpc) is 2.52. The van der Waals surface area contributed by atoms with E-state index in [1.54, 1.807) is 0 Å². The fourth-order valence-electron chi connectivity index (χ4n) is 2.08. The molecule has 0 saturated carbocycles. The highest BCUT2D eigenvalue weighted by atomic mass is 79.9. The molecule has 2 aromatic carbocycles. The van der Waals surface area contributed by atoms with Crippen LogP contribution in [0.5, 0.6) is 5.75 Å². The number of halogens is 1. The van der Waals surface area contributed by atoms with Gasteiger partial charge in [-0.15, -0.1) is 0 Å². The highest BCUT2D eigenvalue weighted by Crippen LogP contribution is 2.19. The smallest absolute Gasteiger partial charge is 0.119 e. The van der Waals surface area contributed by atoms with Crippen LogP contribution in [0.4, 0.5) is 0 Å². The number of rotatable bonds is 7. The van der Waals surface area contributed by atoms with Gasteiger partial charge in [0.1, 0.15) is 12.4 Å². The van der Waals surface area contributed by atoms with Crippen molar-refractivity contribution in [3.63, 3.8) is 0 Å². The summed E-state index contributed by atoms with van der Waals surface area (Å²) in [6.07, 6.45) is 1.15. The third-order valence-electron chi connectivity index (χ3n) is 3.40. The van der Waals surface area contributed by atoms with E-state index in [0.717, 1.165) is 23.2 Å².